The Labute approximate surface area is 123 Å². The summed E-state index contributed by atoms with van der Waals surface area (Å²) in [5, 5.41) is 17.8. The van der Waals surface area contributed by atoms with E-state index >= 15 is 0 Å². The Morgan fingerprint density at radius 1 is 1.19 bits per heavy atom. The number of carboxylic acids is 2. The summed E-state index contributed by atoms with van der Waals surface area (Å²) < 4.78 is 10.8. The van der Waals surface area contributed by atoms with Gasteiger partial charge in [-0.3, -0.25) is 9.59 Å². The lowest BCUT2D eigenvalue weighted by atomic mass is 9.99. The first-order valence-corrected chi connectivity index (χ1v) is 6.74. The van der Waals surface area contributed by atoms with Gasteiger partial charge in [0.15, 0.2) is 17.4 Å². The van der Waals surface area contributed by atoms with Crippen molar-refractivity contribution in [2.24, 2.45) is 5.92 Å². The van der Waals surface area contributed by atoms with E-state index in [-0.39, 0.29) is 6.42 Å². The highest BCUT2D eigenvalue weighted by atomic mass is 16.5. The minimum atomic E-state index is -1.47. The molecular weight excluding hydrogens is 276 g/mol. The first kappa shape index (κ1) is 16.8. The smallest absolute Gasteiger partial charge is 0.318 e. The molecule has 0 radical (unpaired) electrons. The summed E-state index contributed by atoms with van der Waals surface area (Å²) in [7, 11) is 1.51. The van der Waals surface area contributed by atoms with E-state index in [0.29, 0.717) is 23.7 Å². The van der Waals surface area contributed by atoms with Crippen molar-refractivity contribution in [1.29, 1.82) is 0 Å². The standard InChI is InChI=1S/C15H20O6/c1-3-4-7-21-13-9-10(5-6-12(13)20-2)8-11(14(16)17)15(18)19/h5-6,9,11H,3-4,7-8H2,1-2H3,(H,16,17)(H,18,19). The van der Waals surface area contributed by atoms with Gasteiger partial charge >= 0.3 is 11.9 Å². The molecule has 0 aliphatic rings. The number of hydrogen-bond donors (Lipinski definition) is 2. The number of benzene rings is 1. The molecule has 0 aliphatic heterocycles. The molecular formula is C15H20O6. The number of unbranched alkanes of at least 4 members (excludes halogenated alkanes) is 1. The predicted molar refractivity (Wildman–Crippen MR) is 75.9 cm³/mol. The van der Waals surface area contributed by atoms with Gasteiger partial charge in [0.1, 0.15) is 0 Å². The van der Waals surface area contributed by atoms with Crippen molar-refractivity contribution in [2.75, 3.05) is 13.7 Å². The minimum absolute atomic E-state index is 0.0984. The summed E-state index contributed by atoms with van der Waals surface area (Å²) in [6, 6.07) is 4.93. The van der Waals surface area contributed by atoms with Gasteiger partial charge < -0.3 is 19.7 Å². The summed E-state index contributed by atoms with van der Waals surface area (Å²) in [6.45, 7) is 2.57. The van der Waals surface area contributed by atoms with Crippen LogP contribution in [0, 0.1) is 5.92 Å². The largest absolute Gasteiger partial charge is 0.493 e. The van der Waals surface area contributed by atoms with E-state index in [1.54, 1.807) is 18.2 Å². The van der Waals surface area contributed by atoms with E-state index in [0.717, 1.165) is 12.8 Å². The van der Waals surface area contributed by atoms with Crippen LogP contribution in [0.25, 0.3) is 0 Å². The zero-order valence-corrected chi connectivity index (χ0v) is 12.2. The van der Waals surface area contributed by atoms with Crippen molar-refractivity contribution in [2.45, 2.75) is 26.2 Å². The fourth-order valence-electron chi connectivity index (χ4n) is 1.80. The van der Waals surface area contributed by atoms with Crippen LogP contribution in [0.4, 0.5) is 0 Å². The third-order valence-corrected chi connectivity index (χ3v) is 3.02. The highest BCUT2D eigenvalue weighted by molar-refractivity contribution is 5.93. The molecule has 0 atom stereocenters. The van der Waals surface area contributed by atoms with Gasteiger partial charge in [0.25, 0.3) is 0 Å². The minimum Gasteiger partial charge on any atom is -0.493 e. The van der Waals surface area contributed by atoms with Crippen molar-refractivity contribution in [3.8, 4) is 11.5 Å². The van der Waals surface area contributed by atoms with Gasteiger partial charge in [0.05, 0.1) is 13.7 Å². The highest BCUT2D eigenvalue weighted by Crippen LogP contribution is 2.29. The molecule has 0 aromatic heterocycles. The summed E-state index contributed by atoms with van der Waals surface area (Å²) >= 11 is 0. The van der Waals surface area contributed by atoms with Crippen LogP contribution in [0.5, 0.6) is 11.5 Å². The SMILES string of the molecule is CCCCOc1cc(CC(C(=O)O)C(=O)O)ccc1OC. The van der Waals surface area contributed by atoms with Gasteiger partial charge in [0, 0.05) is 0 Å². The second-order valence-electron chi connectivity index (χ2n) is 4.62. The molecule has 0 unspecified atom stereocenters. The van der Waals surface area contributed by atoms with E-state index < -0.39 is 17.9 Å². The molecule has 6 heteroatoms. The maximum absolute atomic E-state index is 10.9. The molecule has 6 nitrogen and oxygen atoms in total. The Hall–Kier alpha value is -2.24. The number of ether oxygens (including phenoxy) is 2. The number of aliphatic carboxylic acids is 2. The van der Waals surface area contributed by atoms with Crippen molar-refractivity contribution >= 4 is 11.9 Å². The normalized spacial score (nSPS) is 10.4. The maximum atomic E-state index is 10.9. The van der Waals surface area contributed by atoms with Crippen LogP contribution in [-0.4, -0.2) is 35.9 Å². The van der Waals surface area contributed by atoms with Crippen LogP contribution >= 0.6 is 0 Å². The van der Waals surface area contributed by atoms with Crippen LogP contribution in [0.3, 0.4) is 0 Å². The Balaban J connectivity index is 2.90. The third kappa shape index (κ3) is 4.98. The first-order chi connectivity index (χ1) is 9.99. The second kappa shape index (κ2) is 8.14. The number of methoxy groups -OCH3 is 1. The number of carboxylic acid groups (broad SMARTS) is 2. The Kier molecular flexibility index (Phi) is 6.52. The van der Waals surface area contributed by atoms with Crippen LogP contribution < -0.4 is 9.47 Å². The van der Waals surface area contributed by atoms with Crippen LogP contribution in [0.2, 0.25) is 0 Å². The fraction of sp³-hybridized carbons (Fsp3) is 0.467. The monoisotopic (exact) mass is 296 g/mol. The van der Waals surface area contributed by atoms with E-state index in [1.807, 2.05) is 6.92 Å². The highest BCUT2D eigenvalue weighted by Gasteiger charge is 2.26. The number of rotatable bonds is 9. The van der Waals surface area contributed by atoms with Crippen LogP contribution in [0.1, 0.15) is 25.3 Å². The molecule has 0 fully saturated rings. The molecule has 0 amide bonds. The molecule has 116 valence electrons. The maximum Gasteiger partial charge on any atom is 0.318 e. The van der Waals surface area contributed by atoms with Crippen molar-refractivity contribution in [3.05, 3.63) is 23.8 Å². The molecule has 0 spiro atoms. The van der Waals surface area contributed by atoms with Crippen LogP contribution in [-0.2, 0) is 16.0 Å². The van der Waals surface area contributed by atoms with E-state index in [9.17, 15) is 9.59 Å². The van der Waals surface area contributed by atoms with Gasteiger partial charge in [-0.2, -0.15) is 0 Å². The average molecular weight is 296 g/mol. The fourth-order valence-corrected chi connectivity index (χ4v) is 1.80. The Morgan fingerprint density at radius 3 is 2.38 bits per heavy atom. The lowest BCUT2D eigenvalue weighted by Crippen LogP contribution is -2.25. The zero-order valence-electron chi connectivity index (χ0n) is 12.2. The molecule has 21 heavy (non-hydrogen) atoms. The Bertz CT molecular complexity index is 483. The van der Waals surface area contributed by atoms with Crippen molar-refractivity contribution in [1.82, 2.24) is 0 Å². The topological polar surface area (TPSA) is 93.1 Å². The lowest BCUT2D eigenvalue weighted by Gasteiger charge is -2.13. The van der Waals surface area contributed by atoms with E-state index in [4.69, 9.17) is 19.7 Å². The average Bonchev–Trinajstić information content (AvgIpc) is 2.44. The van der Waals surface area contributed by atoms with Crippen molar-refractivity contribution < 1.29 is 29.3 Å². The number of carbonyl (C=O) groups is 2. The van der Waals surface area contributed by atoms with Crippen molar-refractivity contribution in [3.63, 3.8) is 0 Å². The van der Waals surface area contributed by atoms with Gasteiger partial charge in [-0.05, 0) is 30.5 Å². The second-order valence-corrected chi connectivity index (χ2v) is 4.62. The zero-order chi connectivity index (χ0) is 15.8. The van der Waals surface area contributed by atoms with Gasteiger partial charge in [0.2, 0.25) is 0 Å². The molecule has 1 rings (SSSR count). The van der Waals surface area contributed by atoms with Crippen LogP contribution in [0.15, 0.2) is 18.2 Å². The van der Waals surface area contributed by atoms with Gasteiger partial charge in [-0.1, -0.05) is 19.4 Å². The molecule has 0 saturated heterocycles. The quantitative estimate of drug-likeness (QED) is 0.536. The van der Waals surface area contributed by atoms with Gasteiger partial charge in [-0.15, -0.1) is 0 Å². The summed E-state index contributed by atoms with van der Waals surface area (Å²) in [6.07, 6.45) is 1.78. The Morgan fingerprint density at radius 2 is 1.86 bits per heavy atom. The summed E-state index contributed by atoms with van der Waals surface area (Å²) in [5.74, 6) is -3.14. The third-order valence-electron chi connectivity index (χ3n) is 3.02. The summed E-state index contributed by atoms with van der Waals surface area (Å²) in [4.78, 5) is 21.9. The van der Waals surface area contributed by atoms with E-state index in [1.165, 1.54) is 7.11 Å². The lowest BCUT2D eigenvalue weighted by molar-refractivity contribution is -0.154. The molecule has 0 bridgehead atoms. The summed E-state index contributed by atoms with van der Waals surface area (Å²) in [5.41, 5.74) is 0.581. The molecule has 0 heterocycles. The van der Waals surface area contributed by atoms with Gasteiger partial charge in [-0.25, -0.2) is 0 Å². The molecule has 0 saturated carbocycles. The number of hydrogen-bond acceptors (Lipinski definition) is 4. The molecule has 1 aromatic rings. The molecule has 0 aliphatic carbocycles. The first-order valence-electron chi connectivity index (χ1n) is 6.74. The van der Waals surface area contributed by atoms with E-state index in [2.05, 4.69) is 0 Å². The molecule has 2 N–H and O–H groups in total. The predicted octanol–water partition coefficient (Wildman–Crippen LogP) is 2.20. The molecule has 1 aromatic carbocycles.